The Kier molecular flexibility index (Phi) is 7.20. The lowest BCUT2D eigenvalue weighted by atomic mass is 10.1. The Labute approximate surface area is 187 Å². The third kappa shape index (κ3) is 5.99. The first-order valence-electron chi connectivity index (χ1n) is 9.62. The van der Waals surface area contributed by atoms with Gasteiger partial charge in [0.1, 0.15) is 12.4 Å². The molecule has 2 N–H and O–H groups in total. The number of rotatable bonds is 8. The van der Waals surface area contributed by atoms with E-state index in [0.29, 0.717) is 34.1 Å². The van der Waals surface area contributed by atoms with Crippen molar-refractivity contribution < 1.29 is 17.9 Å². The second-order valence-electron chi connectivity index (χ2n) is 6.98. The molecule has 3 rings (SSSR count). The summed E-state index contributed by atoms with van der Waals surface area (Å²) in [5.74, 6) is 0.276. The molecule has 1 amide bonds. The molecule has 0 aliphatic rings. The number of benzene rings is 3. The molecule has 162 valence electrons. The molecule has 0 saturated carbocycles. The highest BCUT2D eigenvalue weighted by atomic mass is 35.5. The highest BCUT2D eigenvalue weighted by molar-refractivity contribution is 7.92. The van der Waals surface area contributed by atoms with Gasteiger partial charge < -0.3 is 10.1 Å². The van der Waals surface area contributed by atoms with Crippen LogP contribution >= 0.6 is 11.6 Å². The van der Waals surface area contributed by atoms with Crippen molar-refractivity contribution in [3.8, 4) is 5.75 Å². The first-order valence-corrected chi connectivity index (χ1v) is 11.5. The smallest absolute Gasteiger partial charge is 0.261 e. The average molecular weight is 459 g/mol. The van der Waals surface area contributed by atoms with Crippen LogP contribution in [0.1, 0.15) is 21.5 Å². The highest BCUT2D eigenvalue weighted by Gasteiger charge is 2.16. The zero-order valence-corrected chi connectivity index (χ0v) is 18.8. The Morgan fingerprint density at radius 1 is 1.00 bits per heavy atom. The van der Waals surface area contributed by atoms with Crippen LogP contribution in [-0.2, 0) is 10.0 Å². The van der Waals surface area contributed by atoms with E-state index in [-0.39, 0.29) is 17.4 Å². The van der Waals surface area contributed by atoms with Gasteiger partial charge in [-0.15, -0.1) is 0 Å². The SMILES string of the molecule is Cc1ccc(S(=O)(=O)Nc2ccc(C(=O)NCCOc3ccccc3Cl)cc2C)cc1. The van der Waals surface area contributed by atoms with Crippen LogP contribution in [0.2, 0.25) is 5.02 Å². The van der Waals surface area contributed by atoms with Crippen LogP contribution in [0.4, 0.5) is 5.69 Å². The van der Waals surface area contributed by atoms with Gasteiger partial charge in [0.15, 0.2) is 0 Å². The molecule has 0 aliphatic carbocycles. The summed E-state index contributed by atoms with van der Waals surface area (Å²) in [6, 6.07) is 18.5. The standard InChI is InChI=1S/C23H23ClN2O4S/c1-16-7-10-19(11-8-16)31(28,29)26-21-12-9-18(15-17(21)2)23(27)25-13-14-30-22-6-4-3-5-20(22)24/h3-12,15,26H,13-14H2,1-2H3,(H,25,27). The molecule has 0 fully saturated rings. The third-order valence-electron chi connectivity index (χ3n) is 4.55. The Morgan fingerprint density at radius 2 is 1.71 bits per heavy atom. The summed E-state index contributed by atoms with van der Waals surface area (Å²) < 4.78 is 33.3. The largest absolute Gasteiger partial charge is 0.490 e. The lowest BCUT2D eigenvalue weighted by molar-refractivity contribution is 0.0947. The normalized spacial score (nSPS) is 11.1. The van der Waals surface area contributed by atoms with Gasteiger partial charge in [0.05, 0.1) is 22.2 Å². The van der Waals surface area contributed by atoms with Crippen molar-refractivity contribution >= 4 is 33.2 Å². The fraction of sp³-hybridized carbons (Fsp3) is 0.174. The van der Waals surface area contributed by atoms with E-state index in [2.05, 4.69) is 10.0 Å². The number of carbonyl (C=O) groups excluding carboxylic acids is 1. The van der Waals surface area contributed by atoms with E-state index in [1.807, 2.05) is 19.1 Å². The van der Waals surface area contributed by atoms with Crippen LogP contribution in [0.15, 0.2) is 71.6 Å². The van der Waals surface area contributed by atoms with Crippen LogP contribution in [0.3, 0.4) is 0 Å². The Morgan fingerprint density at radius 3 is 2.39 bits per heavy atom. The van der Waals surface area contributed by atoms with Crippen molar-refractivity contribution in [2.45, 2.75) is 18.7 Å². The minimum atomic E-state index is -3.71. The Hall–Kier alpha value is -3.03. The zero-order valence-electron chi connectivity index (χ0n) is 17.2. The van der Waals surface area contributed by atoms with Crippen molar-refractivity contribution in [3.63, 3.8) is 0 Å². The molecular weight excluding hydrogens is 436 g/mol. The predicted octanol–water partition coefficient (Wildman–Crippen LogP) is 4.57. The molecule has 0 atom stereocenters. The monoisotopic (exact) mass is 458 g/mol. The molecule has 0 aliphatic heterocycles. The van der Waals surface area contributed by atoms with Crippen LogP contribution in [0.25, 0.3) is 0 Å². The minimum Gasteiger partial charge on any atom is -0.490 e. The summed E-state index contributed by atoms with van der Waals surface area (Å²) in [7, 11) is -3.71. The van der Waals surface area contributed by atoms with Crippen molar-refractivity contribution in [1.29, 1.82) is 0 Å². The number of hydrogen-bond donors (Lipinski definition) is 2. The van der Waals surface area contributed by atoms with Gasteiger partial charge in [-0.05, 0) is 61.9 Å². The van der Waals surface area contributed by atoms with Crippen molar-refractivity contribution in [1.82, 2.24) is 5.32 Å². The number of carbonyl (C=O) groups is 1. The van der Waals surface area contributed by atoms with Crippen LogP contribution in [-0.4, -0.2) is 27.5 Å². The first-order chi connectivity index (χ1) is 14.8. The van der Waals surface area contributed by atoms with Gasteiger partial charge in [-0.25, -0.2) is 8.42 Å². The summed E-state index contributed by atoms with van der Waals surface area (Å²) in [6.45, 7) is 4.19. The van der Waals surface area contributed by atoms with Gasteiger partial charge in [0, 0.05) is 5.56 Å². The molecule has 31 heavy (non-hydrogen) atoms. The maximum Gasteiger partial charge on any atom is 0.261 e. The summed E-state index contributed by atoms with van der Waals surface area (Å²) in [5, 5.41) is 3.28. The Balaban J connectivity index is 1.58. The second-order valence-corrected chi connectivity index (χ2v) is 9.07. The van der Waals surface area contributed by atoms with Crippen LogP contribution < -0.4 is 14.8 Å². The van der Waals surface area contributed by atoms with Crippen molar-refractivity contribution in [3.05, 3.63) is 88.4 Å². The van der Waals surface area contributed by atoms with E-state index in [1.165, 1.54) is 0 Å². The molecule has 0 heterocycles. The van der Waals surface area contributed by atoms with E-state index in [0.717, 1.165) is 5.56 Å². The van der Waals surface area contributed by atoms with Crippen molar-refractivity contribution in [2.24, 2.45) is 0 Å². The number of hydrogen-bond acceptors (Lipinski definition) is 4. The lowest BCUT2D eigenvalue weighted by Gasteiger charge is -2.13. The Bertz CT molecular complexity index is 1180. The average Bonchev–Trinajstić information content (AvgIpc) is 2.74. The van der Waals surface area contributed by atoms with Crippen molar-refractivity contribution in [2.75, 3.05) is 17.9 Å². The van der Waals surface area contributed by atoms with Gasteiger partial charge in [-0.1, -0.05) is 41.4 Å². The number of amides is 1. The summed E-state index contributed by atoms with van der Waals surface area (Å²) in [4.78, 5) is 12.6. The quantitative estimate of drug-likeness (QED) is 0.484. The summed E-state index contributed by atoms with van der Waals surface area (Å²) in [6.07, 6.45) is 0. The van der Waals surface area contributed by atoms with E-state index in [9.17, 15) is 13.2 Å². The number of ether oxygens (including phenoxy) is 1. The second kappa shape index (κ2) is 9.85. The van der Waals surface area contributed by atoms with E-state index in [4.69, 9.17) is 16.3 Å². The number of aryl methyl sites for hydroxylation is 2. The van der Waals surface area contributed by atoms with Gasteiger partial charge in [-0.3, -0.25) is 9.52 Å². The summed E-state index contributed by atoms with van der Waals surface area (Å²) in [5.41, 5.74) is 2.45. The molecule has 0 unspecified atom stereocenters. The topological polar surface area (TPSA) is 84.5 Å². The predicted molar refractivity (Wildman–Crippen MR) is 122 cm³/mol. The maximum atomic E-state index is 12.6. The van der Waals surface area contributed by atoms with Gasteiger partial charge in [0.2, 0.25) is 0 Å². The molecule has 0 spiro atoms. The van der Waals surface area contributed by atoms with Gasteiger partial charge in [-0.2, -0.15) is 0 Å². The van der Waals surface area contributed by atoms with E-state index < -0.39 is 10.0 Å². The molecule has 0 saturated heterocycles. The molecule has 0 aromatic heterocycles. The van der Waals surface area contributed by atoms with Gasteiger partial charge in [0.25, 0.3) is 15.9 Å². The molecule has 0 bridgehead atoms. The van der Waals surface area contributed by atoms with Crippen LogP contribution in [0, 0.1) is 13.8 Å². The minimum absolute atomic E-state index is 0.179. The number of halogens is 1. The molecule has 6 nitrogen and oxygen atoms in total. The van der Waals surface area contributed by atoms with E-state index >= 15 is 0 Å². The molecule has 0 radical (unpaired) electrons. The third-order valence-corrected chi connectivity index (χ3v) is 6.24. The number of anilines is 1. The molecule has 3 aromatic carbocycles. The maximum absolute atomic E-state index is 12.6. The summed E-state index contributed by atoms with van der Waals surface area (Å²) >= 11 is 6.02. The number of para-hydroxylation sites is 1. The number of sulfonamides is 1. The molecule has 8 heteroatoms. The zero-order chi connectivity index (χ0) is 22.4. The fourth-order valence-corrected chi connectivity index (χ4v) is 4.15. The molecular formula is C23H23ClN2O4S. The van der Waals surface area contributed by atoms with E-state index in [1.54, 1.807) is 61.5 Å². The fourth-order valence-electron chi connectivity index (χ4n) is 2.83. The number of nitrogens with one attached hydrogen (secondary N) is 2. The highest BCUT2D eigenvalue weighted by Crippen LogP contribution is 2.23. The van der Waals surface area contributed by atoms with Gasteiger partial charge >= 0.3 is 0 Å². The first kappa shape index (κ1) is 22.7. The van der Waals surface area contributed by atoms with Crippen LogP contribution in [0.5, 0.6) is 5.75 Å². The molecule has 3 aromatic rings. The lowest BCUT2D eigenvalue weighted by Crippen LogP contribution is -2.28.